The molecule has 0 saturated heterocycles. The number of allylic oxidation sites excluding steroid dienone is 1. The van der Waals surface area contributed by atoms with Gasteiger partial charge in [-0.3, -0.25) is 4.79 Å². The van der Waals surface area contributed by atoms with Gasteiger partial charge in [0, 0.05) is 23.1 Å². The van der Waals surface area contributed by atoms with E-state index in [4.69, 9.17) is 11.6 Å². The van der Waals surface area contributed by atoms with Crippen LogP contribution in [0.25, 0.3) is 22.4 Å². The number of nitrogens with one attached hydrogen (secondary N) is 1. The Morgan fingerprint density at radius 1 is 0.967 bits per heavy atom. The number of alkyl halides is 1. The first-order chi connectivity index (χ1) is 14.5. The van der Waals surface area contributed by atoms with Crippen LogP contribution in [0.4, 0.5) is 8.78 Å². The lowest BCUT2D eigenvalue weighted by Gasteiger charge is -2.10. The van der Waals surface area contributed by atoms with Crippen LogP contribution in [-0.2, 0) is 5.88 Å². The SMILES string of the molecule is O=C(/C(=C(/O)c1cc(F)cc(F)c1)c1nc2ccccc2[nH]1)c1cccc(CCl)c1. The van der Waals surface area contributed by atoms with Crippen molar-refractivity contribution >= 4 is 39.7 Å². The first-order valence-corrected chi connectivity index (χ1v) is 9.54. The van der Waals surface area contributed by atoms with Gasteiger partial charge in [-0.1, -0.05) is 30.3 Å². The van der Waals surface area contributed by atoms with Gasteiger partial charge in [0.2, 0.25) is 5.78 Å². The van der Waals surface area contributed by atoms with Crippen LogP contribution in [0.3, 0.4) is 0 Å². The summed E-state index contributed by atoms with van der Waals surface area (Å²) in [6, 6.07) is 16.3. The third-order valence-electron chi connectivity index (χ3n) is 4.57. The quantitative estimate of drug-likeness (QED) is 0.182. The average Bonchev–Trinajstić information content (AvgIpc) is 3.16. The molecule has 0 atom stereocenters. The lowest BCUT2D eigenvalue weighted by atomic mass is 9.97. The fourth-order valence-corrected chi connectivity index (χ4v) is 3.34. The number of nitrogens with zero attached hydrogens (tertiary/aromatic N) is 1. The molecular weight excluding hydrogens is 410 g/mol. The summed E-state index contributed by atoms with van der Waals surface area (Å²) >= 11 is 5.87. The van der Waals surface area contributed by atoms with Crippen LogP contribution in [0, 0.1) is 11.6 Å². The van der Waals surface area contributed by atoms with Gasteiger partial charge < -0.3 is 10.1 Å². The number of imidazole rings is 1. The predicted octanol–water partition coefficient (Wildman–Crippen LogP) is 5.89. The molecule has 0 spiro atoms. The number of hydrogen-bond acceptors (Lipinski definition) is 3. The highest BCUT2D eigenvalue weighted by Gasteiger charge is 2.24. The van der Waals surface area contributed by atoms with Gasteiger partial charge in [-0.25, -0.2) is 13.8 Å². The van der Waals surface area contributed by atoms with Gasteiger partial charge in [-0.15, -0.1) is 11.6 Å². The van der Waals surface area contributed by atoms with Crippen LogP contribution in [0.5, 0.6) is 0 Å². The van der Waals surface area contributed by atoms with E-state index in [1.807, 2.05) is 0 Å². The summed E-state index contributed by atoms with van der Waals surface area (Å²) in [6.45, 7) is 0. The van der Waals surface area contributed by atoms with E-state index in [0.29, 0.717) is 22.7 Å². The maximum absolute atomic E-state index is 13.7. The number of carbonyl (C=O) groups is 1. The summed E-state index contributed by atoms with van der Waals surface area (Å²) in [5.41, 5.74) is 1.80. The highest BCUT2D eigenvalue weighted by molar-refractivity contribution is 6.33. The van der Waals surface area contributed by atoms with E-state index in [9.17, 15) is 18.7 Å². The van der Waals surface area contributed by atoms with E-state index < -0.39 is 23.2 Å². The Kier molecular flexibility index (Phi) is 5.33. The van der Waals surface area contributed by atoms with Crippen molar-refractivity contribution in [1.82, 2.24) is 9.97 Å². The number of aliphatic hydroxyl groups is 1. The number of H-pyrrole nitrogens is 1. The number of aromatic amines is 1. The first kappa shape index (κ1) is 19.8. The summed E-state index contributed by atoms with van der Waals surface area (Å²) in [6.07, 6.45) is 0. The Bertz CT molecular complexity index is 1240. The van der Waals surface area contributed by atoms with Crippen molar-refractivity contribution < 1.29 is 18.7 Å². The third-order valence-corrected chi connectivity index (χ3v) is 4.88. The minimum absolute atomic E-state index is 0.0830. The molecule has 0 amide bonds. The Morgan fingerprint density at radius 3 is 2.40 bits per heavy atom. The number of rotatable bonds is 5. The van der Waals surface area contributed by atoms with Crippen LogP contribution in [0.2, 0.25) is 0 Å². The highest BCUT2D eigenvalue weighted by Crippen LogP contribution is 2.29. The van der Waals surface area contributed by atoms with Gasteiger partial charge in [-0.2, -0.15) is 0 Å². The average molecular weight is 425 g/mol. The van der Waals surface area contributed by atoms with Crippen LogP contribution in [-0.4, -0.2) is 20.9 Å². The van der Waals surface area contributed by atoms with Gasteiger partial charge in [-0.05, 0) is 35.9 Å². The van der Waals surface area contributed by atoms with E-state index in [0.717, 1.165) is 12.1 Å². The Hall–Kier alpha value is -3.51. The first-order valence-electron chi connectivity index (χ1n) is 9.00. The standard InChI is InChI=1S/C23H15ClF2N2O2/c24-12-13-4-3-5-14(8-13)21(29)20(22(30)15-9-16(25)11-17(26)10-15)23-27-18-6-1-2-7-19(18)28-23/h1-11,30H,12H2,(H,27,28)/b22-20-. The smallest absolute Gasteiger partial charge is 0.200 e. The molecule has 0 radical (unpaired) electrons. The number of aromatic nitrogens is 2. The minimum Gasteiger partial charge on any atom is -0.506 e. The lowest BCUT2D eigenvalue weighted by Crippen LogP contribution is -2.08. The topological polar surface area (TPSA) is 66.0 Å². The Labute approximate surface area is 175 Å². The maximum atomic E-state index is 13.7. The van der Waals surface area contributed by atoms with Gasteiger partial charge in [0.05, 0.1) is 11.0 Å². The zero-order chi connectivity index (χ0) is 21.3. The molecule has 1 heterocycles. The summed E-state index contributed by atoms with van der Waals surface area (Å²) in [7, 11) is 0. The molecule has 2 N–H and O–H groups in total. The van der Waals surface area contributed by atoms with Crippen molar-refractivity contribution in [2.45, 2.75) is 5.88 Å². The third kappa shape index (κ3) is 3.82. The Balaban J connectivity index is 1.95. The second-order valence-corrected chi connectivity index (χ2v) is 6.91. The second-order valence-electron chi connectivity index (χ2n) is 6.65. The molecule has 4 rings (SSSR count). The van der Waals surface area contributed by atoms with Gasteiger partial charge >= 0.3 is 0 Å². The maximum Gasteiger partial charge on any atom is 0.200 e. The normalized spacial score (nSPS) is 12.1. The predicted molar refractivity (Wildman–Crippen MR) is 112 cm³/mol. The van der Waals surface area contributed by atoms with Gasteiger partial charge in [0.25, 0.3) is 0 Å². The van der Waals surface area contributed by atoms with Crippen LogP contribution in [0.1, 0.15) is 27.3 Å². The molecular formula is C23H15ClF2N2O2. The van der Waals surface area contributed by atoms with E-state index >= 15 is 0 Å². The minimum atomic E-state index is -0.878. The number of benzene rings is 3. The number of para-hydroxylation sites is 2. The summed E-state index contributed by atoms with van der Waals surface area (Å²) in [5.74, 6) is -2.63. The van der Waals surface area contributed by atoms with Crippen LogP contribution >= 0.6 is 11.6 Å². The van der Waals surface area contributed by atoms with Crippen molar-refractivity contribution in [2.24, 2.45) is 0 Å². The molecule has 0 unspecified atom stereocenters. The number of halogens is 3. The zero-order valence-corrected chi connectivity index (χ0v) is 16.3. The number of hydrogen-bond donors (Lipinski definition) is 2. The zero-order valence-electron chi connectivity index (χ0n) is 15.5. The van der Waals surface area contributed by atoms with Crippen LogP contribution < -0.4 is 0 Å². The number of Topliss-reactive ketones (excluding diaryl/α,β-unsaturated/α-hetero) is 1. The molecule has 0 aliphatic rings. The Morgan fingerprint density at radius 2 is 1.70 bits per heavy atom. The molecule has 1 aromatic heterocycles. The molecule has 3 aromatic carbocycles. The number of carbonyl (C=O) groups excluding carboxylic acids is 1. The lowest BCUT2D eigenvalue weighted by molar-refractivity contribution is 0.105. The van der Waals surface area contributed by atoms with Crippen molar-refractivity contribution in [3.63, 3.8) is 0 Å². The fourth-order valence-electron chi connectivity index (χ4n) is 3.17. The molecule has 0 aliphatic carbocycles. The molecule has 4 nitrogen and oxygen atoms in total. The van der Waals surface area contributed by atoms with Crippen molar-refractivity contribution in [3.05, 3.63) is 101 Å². The molecule has 4 aromatic rings. The molecule has 0 aliphatic heterocycles. The fraction of sp³-hybridized carbons (Fsp3) is 0.0435. The van der Waals surface area contributed by atoms with Crippen molar-refractivity contribution in [1.29, 1.82) is 0 Å². The van der Waals surface area contributed by atoms with E-state index in [1.54, 1.807) is 48.5 Å². The number of fused-ring (bicyclic) bond motifs is 1. The van der Waals surface area contributed by atoms with Gasteiger partial charge in [0.1, 0.15) is 28.8 Å². The summed E-state index contributed by atoms with van der Waals surface area (Å²) in [5, 5.41) is 10.9. The number of ketones is 1. The van der Waals surface area contributed by atoms with E-state index in [-0.39, 0.29) is 28.4 Å². The van der Waals surface area contributed by atoms with Crippen LogP contribution in [0.15, 0.2) is 66.7 Å². The molecule has 0 saturated carbocycles. The monoisotopic (exact) mass is 424 g/mol. The van der Waals surface area contributed by atoms with E-state index in [2.05, 4.69) is 9.97 Å². The van der Waals surface area contributed by atoms with Gasteiger partial charge in [0.15, 0.2) is 0 Å². The molecule has 7 heteroatoms. The molecule has 0 bridgehead atoms. The molecule has 30 heavy (non-hydrogen) atoms. The highest BCUT2D eigenvalue weighted by atomic mass is 35.5. The number of aliphatic hydroxyl groups excluding tert-OH is 1. The second kappa shape index (κ2) is 8.08. The largest absolute Gasteiger partial charge is 0.506 e. The summed E-state index contributed by atoms with van der Waals surface area (Å²) in [4.78, 5) is 20.7. The van der Waals surface area contributed by atoms with Crippen molar-refractivity contribution in [2.75, 3.05) is 0 Å². The molecule has 0 fully saturated rings. The van der Waals surface area contributed by atoms with E-state index in [1.165, 1.54) is 0 Å². The summed E-state index contributed by atoms with van der Waals surface area (Å²) < 4.78 is 27.5. The molecule has 150 valence electrons. The van der Waals surface area contributed by atoms with Crippen molar-refractivity contribution in [3.8, 4) is 0 Å².